The maximum Gasteiger partial charge on any atom is 0.280 e. The van der Waals surface area contributed by atoms with E-state index < -0.39 is 0 Å². The van der Waals surface area contributed by atoms with Crippen molar-refractivity contribution in [1.29, 1.82) is 0 Å². The van der Waals surface area contributed by atoms with Gasteiger partial charge in [0.2, 0.25) is 0 Å². The van der Waals surface area contributed by atoms with Gasteiger partial charge in [-0.25, -0.2) is 4.68 Å². The molecule has 1 heterocycles. The Hall–Kier alpha value is -2.86. The van der Waals surface area contributed by atoms with E-state index in [9.17, 15) is 4.79 Å². The molecule has 0 spiro atoms. The highest BCUT2D eigenvalue weighted by Crippen LogP contribution is 2.16. The number of rotatable bonds is 5. The number of benzene rings is 2. The second kappa shape index (κ2) is 7.36. The number of hydrogen-bond donors (Lipinski definition) is 2. The number of nitrogens with zero attached hydrogens (tertiary/aromatic N) is 3. The molecule has 1 aromatic heterocycles. The first-order valence-corrected chi connectivity index (χ1v) is 8.28. The number of halogens is 1. The van der Waals surface area contributed by atoms with E-state index in [1.165, 1.54) is 4.68 Å². The van der Waals surface area contributed by atoms with Crippen LogP contribution in [0.4, 0.5) is 11.5 Å². The largest absolute Gasteiger partial charge is 0.382 e. The van der Waals surface area contributed by atoms with Crippen LogP contribution >= 0.6 is 11.6 Å². The average Bonchev–Trinajstić information content (AvgIpc) is 2.98. The van der Waals surface area contributed by atoms with E-state index in [1.807, 2.05) is 36.4 Å². The minimum absolute atomic E-state index is 0.107. The van der Waals surface area contributed by atoms with Crippen LogP contribution in [0.25, 0.3) is 0 Å². The fourth-order valence-corrected chi connectivity index (χ4v) is 2.55. The molecular weight excluding hydrogens is 338 g/mol. The summed E-state index contributed by atoms with van der Waals surface area (Å²) >= 11 is 5.88. The normalized spacial score (nSPS) is 10.6. The van der Waals surface area contributed by atoms with Gasteiger partial charge in [0.25, 0.3) is 5.91 Å². The number of nitrogens with two attached hydrogens (primary N) is 1. The first kappa shape index (κ1) is 17.0. The summed E-state index contributed by atoms with van der Waals surface area (Å²) in [6.45, 7) is 2.47. The van der Waals surface area contributed by atoms with Crippen molar-refractivity contribution in [2.45, 2.75) is 19.9 Å². The number of carbonyl (C=O) groups is 1. The summed E-state index contributed by atoms with van der Waals surface area (Å²) in [5, 5.41) is 11.4. The molecule has 0 saturated carbocycles. The van der Waals surface area contributed by atoms with Crippen LogP contribution in [0.1, 0.15) is 28.5 Å². The van der Waals surface area contributed by atoms with Crippen molar-refractivity contribution in [2.24, 2.45) is 0 Å². The van der Waals surface area contributed by atoms with Gasteiger partial charge in [-0.2, -0.15) is 0 Å². The average molecular weight is 356 g/mol. The molecule has 0 unspecified atom stereocenters. The van der Waals surface area contributed by atoms with Gasteiger partial charge in [-0.05, 0) is 41.8 Å². The Bertz CT molecular complexity index is 889. The third kappa shape index (κ3) is 3.97. The predicted molar refractivity (Wildman–Crippen MR) is 98.8 cm³/mol. The topological polar surface area (TPSA) is 85.8 Å². The zero-order valence-electron chi connectivity index (χ0n) is 13.7. The highest BCUT2D eigenvalue weighted by Gasteiger charge is 2.18. The third-order valence-corrected chi connectivity index (χ3v) is 4.08. The first-order valence-electron chi connectivity index (χ1n) is 7.90. The Morgan fingerprint density at radius 2 is 1.96 bits per heavy atom. The smallest absolute Gasteiger partial charge is 0.280 e. The number of anilines is 2. The highest BCUT2D eigenvalue weighted by molar-refractivity contribution is 6.30. The van der Waals surface area contributed by atoms with E-state index >= 15 is 0 Å². The lowest BCUT2D eigenvalue weighted by molar-refractivity contribution is 0.102. The summed E-state index contributed by atoms with van der Waals surface area (Å²) in [6, 6.07) is 15.0. The second-order valence-corrected chi connectivity index (χ2v) is 6.05. The summed E-state index contributed by atoms with van der Waals surface area (Å²) in [5.74, 6) is -0.160. The summed E-state index contributed by atoms with van der Waals surface area (Å²) in [7, 11) is 0. The molecule has 3 N–H and O–H groups in total. The summed E-state index contributed by atoms with van der Waals surface area (Å²) in [5.41, 5.74) is 8.95. The minimum atomic E-state index is -0.381. The fourth-order valence-electron chi connectivity index (χ4n) is 2.42. The summed E-state index contributed by atoms with van der Waals surface area (Å²) < 4.78 is 1.49. The maximum atomic E-state index is 12.4. The zero-order valence-corrected chi connectivity index (χ0v) is 14.5. The van der Waals surface area contributed by atoms with E-state index in [0.717, 1.165) is 17.5 Å². The van der Waals surface area contributed by atoms with Crippen LogP contribution in [-0.4, -0.2) is 20.9 Å². The van der Waals surface area contributed by atoms with Crippen molar-refractivity contribution in [1.82, 2.24) is 15.0 Å². The van der Waals surface area contributed by atoms with Crippen molar-refractivity contribution in [2.75, 3.05) is 11.1 Å². The Labute approximate surface area is 150 Å². The molecule has 0 atom stereocenters. The molecule has 128 valence electrons. The van der Waals surface area contributed by atoms with Gasteiger partial charge in [-0.1, -0.05) is 48.0 Å². The monoisotopic (exact) mass is 355 g/mol. The van der Waals surface area contributed by atoms with Gasteiger partial charge in [0.15, 0.2) is 11.5 Å². The quantitative estimate of drug-likeness (QED) is 0.734. The molecule has 0 aliphatic rings. The number of aromatic nitrogens is 3. The Morgan fingerprint density at radius 1 is 1.20 bits per heavy atom. The molecule has 0 radical (unpaired) electrons. The third-order valence-electron chi connectivity index (χ3n) is 3.83. The maximum absolute atomic E-state index is 12.4. The second-order valence-electron chi connectivity index (χ2n) is 5.62. The number of carbonyl (C=O) groups excluding carboxylic acids is 1. The van der Waals surface area contributed by atoms with E-state index in [1.54, 1.807) is 12.1 Å². The number of nitrogens with one attached hydrogen (secondary N) is 1. The van der Waals surface area contributed by atoms with E-state index in [2.05, 4.69) is 22.6 Å². The van der Waals surface area contributed by atoms with Gasteiger partial charge in [0.1, 0.15) is 0 Å². The molecule has 3 rings (SSSR count). The molecule has 2 aromatic carbocycles. The van der Waals surface area contributed by atoms with Crippen molar-refractivity contribution in [3.8, 4) is 0 Å². The van der Waals surface area contributed by atoms with Gasteiger partial charge in [0.05, 0.1) is 6.54 Å². The van der Waals surface area contributed by atoms with Crippen LogP contribution in [0.2, 0.25) is 5.02 Å². The molecule has 1 amide bonds. The summed E-state index contributed by atoms with van der Waals surface area (Å²) in [4.78, 5) is 12.4. The molecule has 0 bridgehead atoms. The molecule has 0 aliphatic carbocycles. The van der Waals surface area contributed by atoms with Crippen molar-refractivity contribution in [3.05, 3.63) is 70.4 Å². The summed E-state index contributed by atoms with van der Waals surface area (Å²) in [6.07, 6.45) is 0.892. The lowest BCUT2D eigenvalue weighted by atomic mass is 10.1. The number of amides is 1. The van der Waals surface area contributed by atoms with E-state index in [-0.39, 0.29) is 17.4 Å². The van der Waals surface area contributed by atoms with Crippen LogP contribution in [0, 0.1) is 0 Å². The lowest BCUT2D eigenvalue weighted by Crippen LogP contribution is -2.15. The fraction of sp³-hybridized carbons (Fsp3) is 0.167. The molecule has 3 aromatic rings. The Kier molecular flexibility index (Phi) is 5.00. The highest BCUT2D eigenvalue weighted by atomic mass is 35.5. The Morgan fingerprint density at radius 3 is 2.68 bits per heavy atom. The van der Waals surface area contributed by atoms with Crippen molar-refractivity contribution >= 4 is 29.0 Å². The van der Waals surface area contributed by atoms with E-state index in [0.29, 0.717) is 17.3 Å². The number of nitrogen functional groups attached to an aromatic ring is 1. The van der Waals surface area contributed by atoms with Gasteiger partial charge in [-0.3, -0.25) is 4.79 Å². The van der Waals surface area contributed by atoms with Gasteiger partial charge in [0, 0.05) is 10.7 Å². The van der Waals surface area contributed by atoms with Crippen LogP contribution in [0.3, 0.4) is 0 Å². The molecule has 0 aliphatic heterocycles. The molecule has 0 saturated heterocycles. The van der Waals surface area contributed by atoms with Crippen LogP contribution in [0.15, 0.2) is 48.5 Å². The lowest BCUT2D eigenvalue weighted by Gasteiger charge is -2.06. The SMILES string of the molecule is CCc1cccc(NC(=O)c2nnn(Cc3ccc(Cl)cc3)c2N)c1. The van der Waals surface area contributed by atoms with Crippen molar-refractivity contribution in [3.63, 3.8) is 0 Å². The predicted octanol–water partition coefficient (Wildman–Crippen LogP) is 3.38. The zero-order chi connectivity index (χ0) is 17.8. The van der Waals surface area contributed by atoms with Gasteiger partial charge >= 0.3 is 0 Å². The Balaban J connectivity index is 1.75. The molecule has 6 nitrogen and oxygen atoms in total. The first-order chi connectivity index (χ1) is 12.1. The number of hydrogen-bond acceptors (Lipinski definition) is 4. The molecule has 0 fully saturated rings. The standard InChI is InChI=1S/C18H18ClN5O/c1-2-12-4-3-5-15(10-12)21-18(25)16-17(20)24(23-22-16)11-13-6-8-14(19)9-7-13/h3-10H,2,11,20H2,1H3,(H,21,25). The van der Waals surface area contributed by atoms with E-state index in [4.69, 9.17) is 17.3 Å². The van der Waals surface area contributed by atoms with Gasteiger partial charge < -0.3 is 11.1 Å². The van der Waals surface area contributed by atoms with Crippen LogP contribution < -0.4 is 11.1 Å². The van der Waals surface area contributed by atoms with Gasteiger partial charge in [-0.15, -0.1) is 5.10 Å². The van der Waals surface area contributed by atoms with Crippen LogP contribution in [-0.2, 0) is 13.0 Å². The molecular formula is C18H18ClN5O. The molecule has 25 heavy (non-hydrogen) atoms. The van der Waals surface area contributed by atoms with Crippen molar-refractivity contribution < 1.29 is 4.79 Å². The van der Waals surface area contributed by atoms with Crippen LogP contribution in [0.5, 0.6) is 0 Å². The number of aryl methyl sites for hydroxylation is 1. The minimum Gasteiger partial charge on any atom is -0.382 e. The molecule has 7 heteroatoms.